The molecule has 2 rings (SSSR count). The van der Waals surface area contributed by atoms with Gasteiger partial charge in [0.05, 0.1) is 0 Å². The molecule has 1 aromatic heterocycles. The number of anilines is 1. The van der Waals surface area contributed by atoms with E-state index in [0.717, 1.165) is 11.3 Å². The van der Waals surface area contributed by atoms with Crippen molar-refractivity contribution in [3.8, 4) is 11.8 Å². The lowest BCUT2D eigenvalue weighted by Gasteiger charge is -2.11. The van der Waals surface area contributed by atoms with Gasteiger partial charge in [0.1, 0.15) is 0 Å². The fourth-order valence-corrected chi connectivity index (χ4v) is 1.55. The summed E-state index contributed by atoms with van der Waals surface area (Å²) in [6, 6.07) is 10.9. The Bertz CT molecular complexity index is 619. The Labute approximate surface area is 112 Å². The lowest BCUT2D eigenvalue weighted by molar-refractivity contribution is 0.105. The van der Waals surface area contributed by atoms with Crippen molar-refractivity contribution in [1.29, 1.82) is 0 Å². The molecule has 3 nitrogen and oxygen atoms in total. The van der Waals surface area contributed by atoms with E-state index in [1.807, 2.05) is 31.1 Å². The number of aromatic nitrogens is 1. The van der Waals surface area contributed by atoms with Gasteiger partial charge in [-0.3, -0.25) is 9.78 Å². The van der Waals surface area contributed by atoms with Crippen LogP contribution in [0.1, 0.15) is 15.9 Å². The summed E-state index contributed by atoms with van der Waals surface area (Å²) in [5, 5.41) is 0. The van der Waals surface area contributed by atoms with Gasteiger partial charge < -0.3 is 4.90 Å². The maximum atomic E-state index is 11.9. The maximum Gasteiger partial charge on any atom is 0.236 e. The van der Waals surface area contributed by atoms with Crippen molar-refractivity contribution in [1.82, 2.24) is 4.98 Å². The number of pyridine rings is 1. The minimum absolute atomic E-state index is 0.179. The van der Waals surface area contributed by atoms with E-state index in [-0.39, 0.29) is 5.78 Å². The third-order valence-corrected chi connectivity index (χ3v) is 2.65. The zero-order valence-electron chi connectivity index (χ0n) is 10.9. The van der Waals surface area contributed by atoms with E-state index in [4.69, 9.17) is 0 Å². The van der Waals surface area contributed by atoms with Crippen LogP contribution in [0.5, 0.6) is 0 Å². The van der Waals surface area contributed by atoms with E-state index < -0.39 is 0 Å². The van der Waals surface area contributed by atoms with E-state index in [1.54, 1.807) is 36.7 Å². The summed E-state index contributed by atoms with van der Waals surface area (Å²) in [5.41, 5.74) is 2.44. The van der Waals surface area contributed by atoms with Crippen LogP contribution < -0.4 is 4.90 Å². The van der Waals surface area contributed by atoms with E-state index in [1.165, 1.54) is 0 Å². The summed E-state index contributed by atoms with van der Waals surface area (Å²) in [4.78, 5) is 17.8. The van der Waals surface area contributed by atoms with Crippen LogP contribution in [-0.2, 0) is 0 Å². The number of nitrogens with zero attached hydrogens (tertiary/aromatic N) is 2. The number of ketones is 1. The van der Waals surface area contributed by atoms with Gasteiger partial charge in [0.2, 0.25) is 5.78 Å². The van der Waals surface area contributed by atoms with E-state index >= 15 is 0 Å². The van der Waals surface area contributed by atoms with Crippen LogP contribution >= 0.6 is 0 Å². The van der Waals surface area contributed by atoms with Gasteiger partial charge in [-0.1, -0.05) is 5.92 Å². The van der Waals surface area contributed by atoms with Crippen molar-refractivity contribution >= 4 is 11.5 Å². The van der Waals surface area contributed by atoms with Gasteiger partial charge in [-0.2, -0.15) is 0 Å². The van der Waals surface area contributed by atoms with Gasteiger partial charge in [-0.05, 0) is 42.3 Å². The first-order valence-corrected chi connectivity index (χ1v) is 5.90. The van der Waals surface area contributed by atoms with Gasteiger partial charge in [0.25, 0.3) is 0 Å². The van der Waals surface area contributed by atoms with Gasteiger partial charge in [0, 0.05) is 43.3 Å². The molecule has 19 heavy (non-hydrogen) atoms. The first-order chi connectivity index (χ1) is 9.16. The molecule has 0 amide bonds. The average Bonchev–Trinajstić information content (AvgIpc) is 2.46. The quantitative estimate of drug-likeness (QED) is 0.606. The lowest BCUT2D eigenvalue weighted by Crippen LogP contribution is -2.08. The third-order valence-electron chi connectivity index (χ3n) is 2.65. The number of hydrogen-bond acceptors (Lipinski definition) is 3. The number of rotatable bonds is 2. The summed E-state index contributed by atoms with van der Waals surface area (Å²) in [6.45, 7) is 0. The fraction of sp³-hybridized carbons (Fsp3) is 0.125. The standard InChI is InChI=1S/C16H14N2O/c1-18(2)15-6-4-14(5-7-15)16(19)8-3-13-9-11-17-12-10-13/h4-7,9-12H,1-2H3. The first kappa shape index (κ1) is 12.8. The SMILES string of the molecule is CN(C)c1ccc(C(=O)C#Cc2ccncc2)cc1. The molecule has 3 heteroatoms. The summed E-state index contributed by atoms with van der Waals surface area (Å²) < 4.78 is 0. The second-order valence-corrected chi connectivity index (χ2v) is 4.26. The van der Waals surface area contributed by atoms with Crippen molar-refractivity contribution < 1.29 is 4.79 Å². The van der Waals surface area contributed by atoms with Crippen LogP contribution in [-0.4, -0.2) is 24.9 Å². The number of carbonyl (C=O) groups excluding carboxylic acids is 1. The Morgan fingerprint density at radius 2 is 1.68 bits per heavy atom. The Hall–Kier alpha value is -2.60. The number of Topliss-reactive ketones (excluding diaryl/α,β-unsaturated/α-hetero) is 1. The molecular weight excluding hydrogens is 236 g/mol. The molecule has 0 atom stereocenters. The molecule has 0 aliphatic rings. The highest BCUT2D eigenvalue weighted by Gasteiger charge is 2.02. The molecule has 0 N–H and O–H groups in total. The van der Waals surface area contributed by atoms with Crippen molar-refractivity contribution in [2.75, 3.05) is 19.0 Å². The number of benzene rings is 1. The molecule has 0 aliphatic heterocycles. The lowest BCUT2D eigenvalue weighted by atomic mass is 10.1. The third kappa shape index (κ3) is 3.43. The topological polar surface area (TPSA) is 33.2 Å². The average molecular weight is 250 g/mol. The van der Waals surface area contributed by atoms with Crippen LogP contribution in [0.2, 0.25) is 0 Å². The van der Waals surface area contributed by atoms with Crippen LogP contribution in [0.3, 0.4) is 0 Å². The molecule has 0 radical (unpaired) electrons. The van der Waals surface area contributed by atoms with Crippen LogP contribution in [0.15, 0.2) is 48.8 Å². The molecule has 0 aliphatic carbocycles. The number of carbonyl (C=O) groups is 1. The Balaban J connectivity index is 2.15. The molecule has 1 heterocycles. The van der Waals surface area contributed by atoms with Crippen molar-refractivity contribution in [3.05, 3.63) is 59.9 Å². The minimum atomic E-state index is -0.179. The molecular formula is C16H14N2O. The summed E-state index contributed by atoms with van der Waals surface area (Å²) in [6.07, 6.45) is 3.31. The van der Waals surface area contributed by atoms with E-state index in [0.29, 0.717) is 5.56 Å². The highest BCUT2D eigenvalue weighted by Crippen LogP contribution is 2.12. The Morgan fingerprint density at radius 3 is 2.26 bits per heavy atom. The van der Waals surface area contributed by atoms with E-state index in [2.05, 4.69) is 16.8 Å². The highest BCUT2D eigenvalue weighted by atomic mass is 16.1. The predicted octanol–water partition coefficient (Wildman–Crippen LogP) is 2.38. The van der Waals surface area contributed by atoms with Crippen LogP contribution in [0.25, 0.3) is 0 Å². The first-order valence-electron chi connectivity index (χ1n) is 5.90. The van der Waals surface area contributed by atoms with Gasteiger partial charge in [0.15, 0.2) is 0 Å². The molecule has 0 spiro atoms. The monoisotopic (exact) mass is 250 g/mol. The predicted molar refractivity (Wildman–Crippen MR) is 76.2 cm³/mol. The zero-order chi connectivity index (χ0) is 13.7. The Morgan fingerprint density at radius 1 is 1.05 bits per heavy atom. The summed E-state index contributed by atoms with van der Waals surface area (Å²) in [5.74, 6) is 5.29. The highest BCUT2D eigenvalue weighted by molar-refractivity contribution is 6.09. The zero-order valence-corrected chi connectivity index (χ0v) is 10.9. The second-order valence-electron chi connectivity index (χ2n) is 4.26. The largest absolute Gasteiger partial charge is 0.378 e. The molecule has 0 bridgehead atoms. The molecule has 1 aromatic carbocycles. The van der Waals surface area contributed by atoms with Gasteiger partial charge in [-0.25, -0.2) is 0 Å². The molecule has 94 valence electrons. The molecule has 0 saturated heterocycles. The normalized spacial score (nSPS) is 9.37. The molecule has 0 unspecified atom stereocenters. The molecule has 0 saturated carbocycles. The molecule has 2 aromatic rings. The smallest absolute Gasteiger partial charge is 0.236 e. The van der Waals surface area contributed by atoms with Crippen molar-refractivity contribution in [3.63, 3.8) is 0 Å². The molecule has 0 fully saturated rings. The maximum absolute atomic E-state index is 11.9. The summed E-state index contributed by atoms with van der Waals surface area (Å²) >= 11 is 0. The number of hydrogen-bond donors (Lipinski definition) is 0. The summed E-state index contributed by atoms with van der Waals surface area (Å²) in [7, 11) is 3.92. The van der Waals surface area contributed by atoms with Crippen molar-refractivity contribution in [2.45, 2.75) is 0 Å². The fourth-order valence-electron chi connectivity index (χ4n) is 1.55. The second kappa shape index (κ2) is 5.83. The Kier molecular flexibility index (Phi) is 3.94. The van der Waals surface area contributed by atoms with Crippen LogP contribution in [0.4, 0.5) is 5.69 Å². The van der Waals surface area contributed by atoms with Crippen LogP contribution in [0, 0.1) is 11.8 Å². The van der Waals surface area contributed by atoms with Gasteiger partial charge in [-0.15, -0.1) is 0 Å². The minimum Gasteiger partial charge on any atom is -0.378 e. The van der Waals surface area contributed by atoms with Crippen molar-refractivity contribution in [2.24, 2.45) is 0 Å². The van der Waals surface area contributed by atoms with E-state index in [9.17, 15) is 4.79 Å². The van der Waals surface area contributed by atoms with Gasteiger partial charge >= 0.3 is 0 Å².